The molecule has 4 nitrogen and oxygen atoms in total. The number of amidine groups is 1. The van der Waals surface area contributed by atoms with Gasteiger partial charge in [0.15, 0.2) is 0 Å². The molecular formula is C8H14N4. The first-order chi connectivity index (χ1) is 5.83. The average molecular weight is 166 g/mol. The fraction of sp³-hybridized carbons (Fsp3) is 0.500. The van der Waals surface area contributed by atoms with E-state index in [1.54, 1.807) is 13.4 Å². The third-order valence-corrected chi connectivity index (χ3v) is 1.57. The standard InChI is InChI=1S/C8H14N4/c1-7-10-5-3-4-8(9-2)12-6-11-7/h3,5-7,10H,4H2,1-2H3,(H,9,11,12)/b5-3-. The summed E-state index contributed by atoms with van der Waals surface area (Å²) in [4.78, 5) is 8.21. The third kappa shape index (κ3) is 2.74. The Hall–Kier alpha value is -1.32. The lowest BCUT2D eigenvalue weighted by molar-refractivity contribution is 0.674. The second-order valence-corrected chi connectivity index (χ2v) is 2.54. The van der Waals surface area contributed by atoms with Crippen molar-refractivity contribution in [3.05, 3.63) is 12.3 Å². The Balaban J connectivity index is 2.62. The topological polar surface area (TPSA) is 48.8 Å². The monoisotopic (exact) mass is 166 g/mol. The van der Waals surface area contributed by atoms with Gasteiger partial charge in [-0.05, 0) is 13.1 Å². The fourth-order valence-electron chi connectivity index (χ4n) is 0.859. The van der Waals surface area contributed by atoms with Crippen molar-refractivity contribution in [2.45, 2.75) is 19.5 Å². The SMILES string of the molecule is CN=C1C/C=C\NC(C)N=CN1. The molecule has 0 fully saturated rings. The highest BCUT2D eigenvalue weighted by atomic mass is 15.1. The van der Waals surface area contributed by atoms with Gasteiger partial charge >= 0.3 is 0 Å². The summed E-state index contributed by atoms with van der Waals surface area (Å²) < 4.78 is 0. The van der Waals surface area contributed by atoms with Crippen molar-refractivity contribution >= 4 is 12.2 Å². The highest BCUT2D eigenvalue weighted by molar-refractivity contribution is 5.92. The Morgan fingerprint density at radius 2 is 2.50 bits per heavy atom. The van der Waals surface area contributed by atoms with Crippen molar-refractivity contribution in [1.29, 1.82) is 0 Å². The molecule has 0 aromatic rings. The summed E-state index contributed by atoms with van der Waals surface area (Å²) >= 11 is 0. The van der Waals surface area contributed by atoms with Gasteiger partial charge in [0.2, 0.25) is 0 Å². The Labute approximate surface area is 72.5 Å². The lowest BCUT2D eigenvalue weighted by atomic mass is 10.4. The molecular weight excluding hydrogens is 152 g/mol. The van der Waals surface area contributed by atoms with Gasteiger partial charge in [-0.1, -0.05) is 6.08 Å². The Kier molecular flexibility index (Phi) is 3.32. The molecule has 66 valence electrons. The predicted octanol–water partition coefficient (Wildman–Crippen LogP) is 0.486. The molecule has 0 saturated carbocycles. The Morgan fingerprint density at radius 3 is 3.25 bits per heavy atom. The molecule has 0 aromatic heterocycles. The molecule has 1 atom stereocenters. The van der Waals surface area contributed by atoms with Gasteiger partial charge in [-0.2, -0.15) is 0 Å². The fourth-order valence-corrected chi connectivity index (χ4v) is 0.859. The molecule has 0 bridgehead atoms. The Bertz CT molecular complexity index is 217. The van der Waals surface area contributed by atoms with Gasteiger partial charge in [-0.25, -0.2) is 0 Å². The minimum absolute atomic E-state index is 0.116. The zero-order chi connectivity index (χ0) is 8.81. The van der Waals surface area contributed by atoms with Crippen LogP contribution < -0.4 is 10.6 Å². The van der Waals surface area contributed by atoms with Crippen LogP contribution in [0.2, 0.25) is 0 Å². The van der Waals surface area contributed by atoms with Crippen LogP contribution in [0.25, 0.3) is 0 Å². The summed E-state index contributed by atoms with van der Waals surface area (Å²) in [6.45, 7) is 1.98. The maximum atomic E-state index is 4.16. The molecule has 0 saturated heterocycles. The van der Waals surface area contributed by atoms with Gasteiger partial charge in [-0.3, -0.25) is 9.98 Å². The summed E-state index contributed by atoms with van der Waals surface area (Å²) in [5, 5.41) is 6.10. The van der Waals surface area contributed by atoms with E-state index in [1.165, 1.54) is 0 Å². The quantitative estimate of drug-likeness (QED) is 0.550. The van der Waals surface area contributed by atoms with Gasteiger partial charge in [0.25, 0.3) is 0 Å². The summed E-state index contributed by atoms with van der Waals surface area (Å²) in [6.07, 6.45) is 6.51. The van der Waals surface area contributed by atoms with E-state index >= 15 is 0 Å². The lowest BCUT2D eigenvalue weighted by Crippen LogP contribution is -2.22. The number of hydrogen-bond acceptors (Lipinski definition) is 3. The molecule has 4 heteroatoms. The number of nitrogens with one attached hydrogen (secondary N) is 2. The van der Waals surface area contributed by atoms with E-state index in [1.807, 2.05) is 19.2 Å². The molecule has 1 rings (SSSR count). The summed E-state index contributed by atoms with van der Waals surface area (Å²) in [5.41, 5.74) is 0. The van der Waals surface area contributed by atoms with Crippen molar-refractivity contribution in [1.82, 2.24) is 10.6 Å². The van der Waals surface area contributed by atoms with Crippen LogP contribution in [0, 0.1) is 0 Å². The molecule has 0 radical (unpaired) electrons. The van der Waals surface area contributed by atoms with Crippen LogP contribution in [0.3, 0.4) is 0 Å². The molecule has 12 heavy (non-hydrogen) atoms. The van der Waals surface area contributed by atoms with Gasteiger partial charge in [-0.15, -0.1) is 0 Å². The molecule has 0 spiro atoms. The molecule has 0 amide bonds. The Morgan fingerprint density at radius 1 is 1.67 bits per heavy atom. The van der Waals surface area contributed by atoms with Crippen LogP contribution in [0.1, 0.15) is 13.3 Å². The highest BCUT2D eigenvalue weighted by Crippen LogP contribution is 1.89. The van der Waals surface area contributed by atoms with Crippen LogP contribution in [-0.2, 0) is 0 Å². The van der Waals surface area contributed by atoms with Gasteiger partial charge in [0, 0.05) is 13.5 Å². The minimum atomic E-state index is 0.116. The molecule has 0 aromatic carbocycles. The summed E-state index contributed by atoms with van der Waals surface area (Å²) in [5.74, 6) is 0.922. The van der Waals surface area contributed by atoms with E-state index in [0.29, 0.717) is 0 Å². The normalized spacial score (nSPS) is 29.5. The van der Waals surface area contributed by atoms with Gasteiger partial charge in [0.05, 0.1) is 6.34 Å². The van der Waals surface area contributed by atoms with Crippen molar-refractivity contribution in [2.75, 3.05) is 7.05 Å². The van der Waals surface area contributed by atoms with Gasteiger partial charge < -0.3 is 10.6 Å². The zero-order valence-corrected chi connectivity index (χ0v) is 7.41. The van der Waals surface area contributed by atoms with Crippen molar-refractivity contribution in [3.63, 3.8) is 0 Å². The molecule has 2 N–H and O–H groups in total. The molecule has 1 heterocycles. The minimum Gasteiger partial charge on any atom is -0.370 e. The zero-order valence-electron chi connectivity index (χ0n) is 7.41. The summed E-state index contributed by atoms with van der Waals surface area (Å²) in [6, 6.07) is 0. The number of aliphatic imine (C=N–C) groups is 2. The molecule has 1 aliphatic rings. The van der Waals surface area contributed by atoms with Crippen LogP contribution in [-0.4, -0.2) is 25.4 Å². The first kappa shape index (κ1) is 8.77. The van der Waals surface area contributed by atoms with Crippen LogP contribution in [0.4, 0.5) is 0 Å². The van der Waals surface area contributed by atoms with Crippen LogP contribution in [0.5, 0.6) is 0 Å². The van der Waals surface area contributed by atoms with E-state index in [4.69, 9.17) is 0 Å². The van der Waals surface area contributed by atoms with Crippen molar-refractivity contribution < 1.29 is 0 Å². The maximum absolute atomic E-state index is 4.16. The second-order valence-electron chi connectivity index (χ2n) is 2.54. The van der Waals surface area contributed by atoms with E-state index in [9.17, 15) is 0 Å². The van der Waals surface area contributed by atoms with Crippen molar-refractivity contribution in [2.24, 2.45) is 9.98 Å². The largest absolute Gasteiger partial charge is 0.370 e. The smallest absolute Gasteiger partial charge is 0.117 e. The average Bonchev–Trinajstić information content (AvgIpc) is 2.17. The number of rotatable bonds is 0. The van der Waals surface area contributed by atoms with E-state index in [-0.39, 0.29) is 6.17 Å². The predicted molar refractivity (Wildman–Crippen MR) is 51.3 cm³/mol. The highest BCUT2D eigenvalue weighted by Gasteiger charge is 1.96. The molecule has 1 aliphatic heterocycles. The van der Waals surface area contributed by atoms with Crippen molar-refractivity contribution in [3.8, 4) is 0 Å². The van der Waals surface area contributed by atoms with E-state index in [0.717, 1.165) is 12.3 Å². The van der Waals surface area contributed by atoms with E-state index < -0.39 is 0 Å². The van der Waals surface area contributed by atoms with Crippen LogP contribution >= 0.6 is 0 Å². The van der Waals surface area contributed by atoms with E-state index in [2.05, 4.69) is 20.6 Å². The molecule has 1 unspecified atom stereocenters. The first-order valence-electron chi connectivity index (χ1n) is 3.98. The third-order valence-electron chi connectivity index (χ3n) is 1.57. The van der Waals surface area contributed by atoms with Gasteiger partial charge in [0.1, 0.15) is 12.0 Å². The lowest BCUT2D eigenvalue weighted by Gasteiger charge is -2.03. The molecule has 0 aliphatic carbocycles. The maximum Gasteiger partial charge on any atom is 0.117 e. The second kappa shape index (κ2) is 4.54. The first-order valence-corrected chi connectivity index (χ1v) is 3.98. The number of nitrogens with zero attached hydrogens (tertiary/aromatic N) is 2. The summed E-state index contributed by atoms with van der Waals surface area (Å²) in [7, 11) is 1.76. The number of hydrogen-bond donors (Lipinski definition) is 2. The van der Waals surface area contributed by atoms with Crippen LogP contribution in [0.15, 0.2) is 22.3 Å².